The van der Waals surface area contributed by atoms with Crippen molar-refractivity contribution in [2.24, 2.45) is 11.8 Å². The second-order valence-electron chi connectivity index (χ2n) is 4.85. The Kier molecular flexibility index (Phi) is 4.11. The molecule has 2 unspecified atom stereocenters. The fourth-order valence-electron chi connectivity index (χ4n) is 2.47. The van der Waals surface area contributed by atoms with E-state index in [9.17, 15) is 8.78 Å². The zero-order valence-electron chi connectivity index (χ0n) is 10.2. The van der Waals surface area contributed by atoms with Crippen molar-refractivity contribution < 1.29 is 8.78 Å². The van der Waals surface area contributed by atoms with Crippen LogP contribution in [0.1, 0.15) is 25.3 Å². The molecule has 17 heavy (non-hydrogen) atoms. The number of rotatable bonds is 5. The predicted molar refractivity (Wildman–Crippen MR) is 64.8 cm³/mol. The van der Waals surface area contributed by atoms with Gasteiger partial charge in [-0.1, -0.05) is 13.0 Å². The van der Waals surface area contributed by atoms with Gasteiger partial charge in [-0.3, -0.25) is 0 Å². The van der Waals surface area contributed by atoms with Crippen molar-refractivity contribution >= 4 is 0 Å². The second-order valence-corrected chi connectivity index (χ2v) is 4.85. The first kappa shape index (κ1) is 12.5. The molecule has 1 N–H and O–H groups in total. The van der Waals surface area contributed by atoms with E-state index in [2.05, 4.69) is 12.2 Å². The van der Waals surface area contributed by atoms with E-state index < -0.39 is 11.6 Å². The summed E-state index contributed by atoms with van der Waals surface area (Å²) in [7, 11) is 0. The van der Waals surface area contributed by atoms with Crippen molar-refractivity contribution in [2.75, 3.05) is 13.1 Å². The monoisotopic (exact) mass is 239 g/mol. The summed E-state index contributed by atoms with van der Waals surface area (Å²) >= 11 is 0. The smallest absolute Gasteiger partial charge is 0.129 e. The van der Waals surface area contributed by atoms with Crippen LogP contribution in [0.3, 0.4) is 0 Å². The van der Waals surface area contributed by atoms with Crippen molar-refractivity contribution in [3.63, 3.8) is 0 Å². The van der Waals surface area contributed by atoms with Crippen LogP contribution in [0, 0.1) is 23.5 Å². The number of hydrogen-bond acceptors (Lipinski definition) is 1. The summed E-state index contributed by atoms with van der Waals surface area (Å²) in [6.07, 6.45) is 3.12. The third-order valence-corrected chi connectivity index (χ3v) is 3.73. The quantitative estimate of drug-likeness (QED) is 0.832. The lowest BCUT2D eigenvalue weighted by Gasteiger charge is -2.37. The molecular formula is C14H19F2N. The normalized spacial score (nSPS) is 23.5. The highest BCUT2D eigenvalue weighted by Gasteiger charge is 2.30. The van der Waals surface area contributed by atoms with Gasteiger partial charge >= 0.3 is 0 Å². The van der Waals surface area contributed by atoms with Crippen molar-refractivity contribution in [3.05, 3.63) is 35.4 Å². The van der Waals surface area contributed by atoms with E-state index in [0.29, 0.717) is 17.4 Å². The standard InChI is InChI=1S/C14H19F2N/c1-2-17-9-12-4-3-10(12)7-11-5-6-13(15)8-14(11)16/h5-6,8,10,12,17H,2-4,7,9H2,1H3. The summed E-state index contributed by atoms with van der Waals surface area (Å²) in [6, 6.07) is 3.90. The Balaban J connectivity index is 1.92. The molecule has 3 heteroatoms. The van der Waals surface area contributed by atoms with Crippen LogP contribution >= 0.6 is 0 Å². The molecule has 1 nitrogen and oxygen atoms in total. The Morgan fingerprint density at radius 3 is 2.59 bits per heavy atom. The van der Waals surface area contributed by atoms with Gasteiger partial charge in [-0.25, -0.2) is 8.78 Å². The maximum atomic E-state index is 13.5. The lowest BCUT2D eigenvalue weighted by Crippen LogP contribution is -2.36. The van der Waals surface area contributed by atoms with Crippen LogP contribution in [0.15, 0.2) is 18.2 Å². The third kappa shape index (κ3) is 3.03. The molecule has 0 aliphatic heterocycles. The molecule has 1 aliphatic rings. The van der Waals surface area contributed by atoms with E-state index in [1.807, 2.05) is 0 Å². The van der Waals surface area contributed by atoms with Gasteiger partial charge in [0.25, 0.3) is 0 Å². The molecule has 2 rings (SSSR count). The lowest BCUT2D eigenvalue weighted by molar-refractivity contribution is 0.170. The first-order chi connectivity index (χ1) is 8.20. The largest absolute Gasteiger partial charge is 0.317 e. The highest BCUT2D eigenvalue weighted by atomic mass is 19.1. The average molecular weight is 239 g/mol. The van der Waals surface area contributed by atoms with Crippen LogP contribution in [-0.4, -0.2) is 13.1 Å². The molecule has 0 radical (unpaired) electrons. The van der Waals surface area contributed by atoms with E-state index in [1.165, 1.54) is 12.5 Å². The van der Waals surface area contributed by atoms with Gasteiger partial charge in [-0.05, 0) is 55.8 Å². The van der Waals surface area contributed by atoms with Crippen molar-refractivity contribution in [1.29, 1.82) is 0 Å². The first-order valence-electron chi connectivity index (χ1n) is 6.35. The predicted octanol–water partition coefficient (Wildman–Crippen LogP) is 3.14. The second kappa shape index (κ2) is 5.58. The molecule has 0 bridgehead atoms. The van der Waals surface area contributed by atoms with Gasteiger partial charge in [-0.15, -0.1) is 0 Å². The lowest BCUT2D eigenvalue weighted by atomic mass is 9.70. The maximum Gasteiger partial charge on any atom is 0.129 e. The number of nitrogens with one attached hydrogen (secondary N) is 1. The van der Waals surface area contributed by atoms with Crippen molar-refractivity contribution in [2.45, 2.75) is 26.2 Å². The molecule has 0 heterocycles. The van der Waals surface area contributed by atoms with Crippen LogP contribution in [-0.2, 0) is 6.42 Å². The summed E-state index contributed by atoms with van der Waals surface area (Å²) in [5.41, 5.74) is 0.651. The summed E-state index contributed by atoms with van der Waals surface area (Å²) in [6.45, 7) is 4.09. The van der Waals surface area contributed by atoms with Gasteiger partial charge in [0.2, 0.25) is 0 Å². The van der Waals surface area contributed by atoms with Gasteiger partial charge in [0.1, 0.15) is 11.6 Å². The summed E-state index contributed by atoms with van der Waals surface area (Å²) in [4.78, 5) is 0. The van der Waals surface area contributed by atoms with E-state index in [4.69, 9.17) is 0 Å². The molecule has 1 aromatic rings. The van der Waals surface area contributed by atoms with Crippen LogP contribution < -0.4 is 5.32 Å². The molecule has 2 atom stereocenters. The fraction of sp³-hybridized carbons (Fsp3) is 0.571. The molecular weight excluding hydrogens is 220 g/mol. The highest BCUT2D eigenvalue weighted by molar-refractivity contribution is 5.19. The minimum atomic E-state index is -0.496. The SMILES string of the molecule is CCNCC1CCC1Cc1ccc(F)cc1F. The van der Waals surface area contributed by atoms with E-state index in [1.54, 1.807) is 6.07 Å². The van der Waals surface area contributed by atoms with Crippen LogP contribution in [0.25, 0.3) is 0 Å². The van der Waals surface area contributed by atoms with Gasteiger partial charge in [0, 0.05) is 6.07 Å². The zero-order chi connectivity index (χ0) is 12.3. The zero-order valence-corrected chi connectivity index (χ0v) is 10.2. The number of hydrogen-bond donors (Lipinski definition) is 1. The third-order valence-electron chi connectivity index (χ3n) is 3.73. The molecule has 94 valence electrons. The molecule has 1 saturated carbocycles. The van der Waals surface area contributed by atoms with E-state index in [0.717, 1.165) is 32.0 Å². The Morgan fingerprint density at radius 1 is 1.24 bits per heavy atom. The molecule has 0 spiro atoms. The van der Waals surface area contributed by atoms with Gasteiger partial charge in [0.15, 0.2) is 0 Å². The van der Waals surface area contributed by atoms with Crippen LogP contribution in [0.2, 0.25) is 0 Å². The molecule has 0 saturated heterocycles. The maximum absolute atomic E-state index is 13.5. The summed E-state index contributed by atoms with van der Waals surface area (Å²) < 4.78 is 26.3. The van der Waals surface area contributed by atoms with Gasteiger partial charge in [-0.2, -0.15) is 0 Å². The number of benzene rings is 1. The molecule has 0 aromatic heterocycles. The minimum absolute atomic E-state index is 0.404. The molecule has 1 aliphatic carbocycles. The highest BCUT2D eigenvalue weighted by Crippen LogP contribution is 2.36. The molecule has 1 fully saturated rings. The van der Waals surface area contributed by atoms with Crippen molar-refractivity contribution in [3.8, 4) is 0 Å². The average Bonchev–Trinajstić information content (AvgIpc) is 2.27. The number of halogens is 2. The van der Waals surface area contributed by atoms with Gasteiger partial charge < -0.3 is 5.32 Å². The fourth-order valence-corrected chi connectivity index (χ4v) is 2.47. The Morgan fingerprint density at radius 2 is 2.00 bits per heavy atom. The molecule has 0 amide bonds. The van der Waals surface area contributed by atoms with Crippen molar-refractivity contribution in [1.82, 2.24) is 5.32 Å². The van der Waals surface area contributed by atoms with E-state index >= 15 is 0 Å². The minimum Gasteiger partial charge on any atom is -0.317 e. The Hall–Kier alpha value is -0.960. The van der Waals surface area contributed by atoms with Gasteiger partial charge in [0.05, 0.1) is 0 Å². The van der Waals surface area contributed by atoms with E-state index in [-0.39, 0.29) is 0 Å². The summed E-state index contributed by atoms with van der Waals surface area (Å²) in [5.74, 6) is 0.302. The first-order valence-corrected chi connectivity index (χ1v) is 6.35. The van der Waals surface area contributed by atoms with Crippen LogP contribution in [0.4, 0.5) is 8.78 Å². The van der Waals surface area contributed by atoms with Crippen LogP contribution in [0.5, 0.6) is 0 Å². The topological polar surface area (TPSA) is 12.0 Å². The Bertz CT molecular complexity index is 378. The summed E-state index contributed by atoms with van der Waals surface area (Å²) in [5, 5.41) is 3.34. The molecule has 1 aromatic carbocycles. The Labute approximate surface area is 101 Å².